The monoisotopic (exact) mass is 464 g/mol. The van der Waals surface area contributed by atoms with Crippen LogP contribution in [0.1, 0.15) is 42.0 Å². The number of rotatable bonds is 9. The molecule has 0 unspecified atom stereocenters. The molecule has 1 aliphatic heterocycles. The number of amides is 2. The molecular weight excluding hydrogens is 432 g/mol. The number of anilines is 1. The Morgan fingerprint density at radius 3 is 2.74 bits per heavy atom. The fourth-order valence-corrected chi connectivity index (χ4v) is 4.30. The lowest BCUT2D eigenvalue weighted by Gasteiger charge is -2.26. The van der Waals surface area contributed by atoms with Crippen molar-refractivity contribution in [1.29, 1.82) is 0 Å². The number of pyridine rings is 1. The van der Waals surface area contributed by atoms with Crippen LogP contribution in [0.3, 0.4) is 0 Å². The molecule has 1 aliphatic rings. The number of carbonyl (C=O) groups is 2. The number of benzene rings is 1. The summed E-state index contributed by atoms with van der Waals surface area (Å²) in [5.74, 6) is 0.510. The summed E-state index contributed by atoms with van der Waals surface area (Å²) in [6.45, 7) is 8.94. The molecule has 34 heavy (non-hydrogen) atoms. The Morgan fingerprint density at radius 2 is 2.03 bits per heavy atom. The van der Waals surface area contributed by atoms with Gasteiger partial charge in [-0.2, -0.15) is 0 Å². The zero-order valence-electron chi connectivity index (χ0n) is 19.8. The molecular formula is C25H32N6O3. The predicted molar refractivity (Wildman–Crippen MR) is 131 cm³/mol. The zero-order valence-corrected chi connectivity index (χ0v) is 19.8. The molecule has 3 heterocycles. The normalized spacial score (nSPS) is 14.3. The van der Waals surface area contributed by atoms with Crippen LogP contribution in [0.4, 0.5) is 5.69 Å². The first-order valence-corrected chi connectivity index (χ1v) is 11.8. The van der Waals surface area contributed by atoms with Gasteiger partial charge in [-0.3, -0.25) is 19.5 Å². The molecule has 0 bridgehead atoms. The molecule has 9 heteroatoms. The van der Waals surface area contributed by atoms with Crippen LogP contribution < -0.4 is 10.6 Å². The number of hydrogen-bond acceptors (Lipinski definition) is 6. The highest BCUT2D eigenvalue weighted by molar-refractivity contribution is 6.07. The van der Waals surface area contributed by atoms with Crippen LogP contribution in [-0.2, 0) is 22.5 Å². The first-order valence-electron chi connectivity index (χ1n) is 11.8. The van der Waals surface area contributed by atoms with E-state index in [1.54, 1.807) is 12.3 Å². The highest BCUT2D eigenvalue weighted by Crippen LogP contribution is 2.27. The molecule has 1 aromatic carbocycles. The summed E-state index contributed by atoms with van der Waals surface area (Å²) in [5, 5.41) is 5.87. The summed E-state index contributed by atoms with van der Waals surface area (Å²) < 4.78 is 7.47. The van der Waals surface area contributed by atoms with E-state index >= 15 is 0 Å². The molecule has 2 amide bonds. The van der Waals surface area contributed by atoms with Gasteiger partial charge in [0.1, 0.15) is 5.82 Å². The minimum absolute atomic E-state index is 0.172. The molecule has 3 aromatic rings. The smallest absolute Gasteiger partial charge is 0.253 e. The van der Waals surface area contributed by atoms with Gasteiger partial charge in [0.25, 0.3) is 5.91 Å². The fourth-order valence-electron chi connectivity index (χ4n) is 4.30. The molecule has 180 valence electrons. The van der Waals surface area contributed by atoms with Gasteiger partial charge in [-0.15, -0.1) is 0 Å². The molecule has 2 aromatic heterocycles. The van der Waals surface area contributed by atoms with Gasteiger partial charge >= 0.3 is 0 Å². The van der Waals surface area contributed by atoms with E-state index in [1.165, 1.54) is 6.92 Å². The SMILES string of the molecule is CCc1nc2cc(NC(C)=O)cc(C(=O)NCCCN3CCOCC3)c2n1Cc1cccnc1. The van der Waals surface area contributed by atoms with Crippen LogP contribution in [0.5, 0.6) is 0 Å². The highest BCUT2D eigenvalue weighted by atomic mass is 16.5. The van der Waals surface area contributed by atoms with Gasteiger partial charge in [0.2, 0.25) is 5.91 Å². The summed E-state index contributed by atoms with van der Waals surface area (Å²) in [7, 11) is 0. The first-order chi connectivity index (χ1) is 16.5. The molecule has 0 atom stereocenters. The Bertz CT molecular complexity index is 1140. The van der Waals surface area contributed by atoms with E-state index in [0.717, 1.165) is 56.2 Å². The third-order valence-electron chi connectivity index (χ3n) is 5.91. The molecule has 9 nitrogen and oxygen atoms in total. The van der Waals surface area contributed by atoms with Crippen LogP contribution in [0.15, 0.2) is 36.7 Å². The lowest BCUT2D eigenvalue weighted by molar-refractivity contribution is -0.114. The van der Waals surface area contributed by atoms with Crippen LogP contribution in [0.2, 0.25) is 0 Å². The van der Waals surface area contributed by atoms with Crippen molar-refractivity contribution >= 4 is 28.5 Å². The minimum atomic E-state index is -0.193. The van der Waals surface area contributed by atoms with Crippen molar-refractivity contribution in [3.63, 3.8) is 0 Å². The number of imidazole rings is 1. The van der Waals surface area contributed by atoms with E-state index in [2.05, 4.69) is 25.1 Å². The average molecular weight is 465 g/mol. The van der Waals surface area contributed by atoms with Gasteiger partial charge in [0.05, 0.1) is 36.4 Å². The largest absolute Gasteiger partial charge is 0.379 e. The number of ether oxygens (including phenoxy) is 1. The van der Waals surface area contributed by atoms with Crippen molar-refractivity contribution in [2.45, 2.75) is 33.2 Å². The van der Waals surface area contributed by atoms with Gasteiger partial charge in [-0.1, -0.05) is 13.0 Å². The number of carbonyl (C=O) groups excluding carboxylic acids is 2. The van der Waals surface area contributed by atoms with Crippen molar-refractivity contribution < 1.29 is 14.3 Å². The average Bonchev–Trinajstić information content (AvgIpc) is 3.19. The summed E-state index contributed by atoms with van der Waals surface area (Å²) in [5.41, 5.74) is 3.54. The molecule has 0 radical (unpaired) electrons. The number of hydrogen-bond donors (Lipinski definition) is 2. The summed E-state index contributed by atoms with van der Waals surface area (Å²) in [4.78, 5) is 36.4. The van der Waals surface area contributed by atoms with Gasteiger partial charge in [-0.05, 0) is 36.7 Å². The van der Waals surface area contributed by atoms with Gasteiger partial charge in [0, 0.05) is 51.1 Å². The number of fused-ring (bicyclic) bond motifs is 1. The van der Waals surface area contributed by atoms with Crippen molar-refractivity contribution in [3.8, 4) is 0 Å². The molecule has 1 fully saturated rings. The second kappa shape index (κ2) is 11.2. The topological polar surface area (TPSA) is 101 Å². The Morgan fingerprint density at radius 1 is 1.21 bits per heavy atom. The predicted octanol–water partition coefficient (Wildman–Crippen LogP) is 2.45. The maximum absolute atomic E-state index is 13.3. The van der Waals surface area contributed by atoms with Crippen LogP contribution >= 0.6 is 0 Å². The lowest BCUT2D eigenvalue weighted by atomic mass is 10.1. The van der Waals surface area contributed by atoms with Gasteiger partial charge < -0.3 is 19.9 Å². The van der Waals surface area contributed by atoms with E-state index in [0.29, 0.717) is 36.3 Å². The van der Waals surface area contributed by atoms with E-state index < -0.39 is 0 Å². The van der Waals surface area contributed by atoms with Gasteiger partial charge in [-0.25, -0.2) is 4.98 Å². The number of morpholine rings is 1. The summed E-state index contributed by atoms with van der Waals surface area (Å²) >= 11 is 0. The third kappa shape index (κ3) is 5.78. The zero-order chi connectivity index (χ0) is 23.9. The molecule has 1 saturated heterocycles. The second-order valence-electron chi connectivity index (χ2n) is 8.47. The Kier molecular flexibility index (Phi) is 7.87. The number of nitrogens with one attached hydrogen (secondary N) is 2. The highest BCUT2D eigenvalue weighted by Gasteiger charge is 2.20. The lowest BCUT2D eigenvalue weighted by Crippen LogP contribution is -2.38. The minimum Gasteiger partial charge on any atom is -0.379 e. The molecule has 2 N–H and O–H groups in total. The summed E-state index contributed by atoms with van der Waals surface area (Å²) in [6.07, 6.45) is 5.13. The third-order valence-corrected chi connectivity index (χ3v) is 5.91. The van der Waals surface area contributed by atoms with Crippen molar-refractivity contribution in [1.82, 2.24) is 24.8 Å². The molecule has 0 spiro atoms. The van der Waals surface area contributed by atoms with Crippen molar-refractivity contribution in [3.05, 3.63) is 53.6 Å². The van der Waals surface area contributed by atoms with E-state index in [-0.39, 0.29) is 11.8 Å². The van der Waals surface area contributed by atoms with E-state index in [4.69, 9.17) is 9.72 Å². The Hall–Kier alpha value is -3.30. The first kappa shape index (κ1) is 23.8. The number of aryl methyl sites for hydroxylation is 1. The second-order valence-corrected chi connectivity index (χ2v) is 8.47. The Balaban J connectivity index is 1.61. The van der Waals surface area contributed by atoms with Crippen LogP contribution in [-0.4, -0.2) is 70.6 Å². The Labute approximate surface area is 199 Å². The van der Waals surface area contributed by atoms with Crippen molar-refractivity contribution in [2.24, 2.45) is 0 Å². The van der Waals surface area contributed by atoms with E-state index in [9.17, 15) is 9.59 Å². The van der Waals surface area contributed by atoms with E-state index in [1.807, 2.05) is 31.3 Å². The van der Waals surface area contributed by atoms with Crippen LogP contribution in [0.25, 0.3) is 11.0 Å². The number of nitrogens with zero attached hydrogens (tertiary/aromatic N) is 4. The molecule has 0 saturated carbocycles. The maximum atomic E-state index is 13.3. The standard InChI is InChI=1S/C25H32N6O3/c1-3-23-29-22-15-20(28-18(2)32)14-21(24(22)31(23)17-19-6-4-7-26-16-19)25(33)27-8-5-9-30-10-12-34-13-11-30/h4,6-7,14-16H,3,5,8-13,17H2,1-2H3,(H,27,33)(H,28,32). The summed E-state index contributed by atoms with van der Waals surface area (Å²) in [6, 6.07) is 7.47. The van der Waals surface area contributed by atoms with Gasteiger partial charge in [0.15, 0.2) is 0 Å². The maximum Gasteiger partial charge on any atom is 0.253 e. The molecule has 4 rings (SSSR count). The fraction of sp³-hybridized carbons (Fsp3) is 0.440. The van der Waals surface area contributed by atoms with Crippen molar-refractivity contribution in [2.75, 3.05) is 44.7 Å². The quantitative estimate of drug-likeness (QED) is 0.472. The van der Waals surface area contributed by atoms with Crippen LogP contribution in [0, 0.1) is 0 Å². The number of aromatic nitrogens is 3. The molecule has 0 aliphatic carbocycles.